The van der Waals surface area contributed by atoms with Gasteiger partial charge < -0.3 is 13.9 Å². The molecule has 0 unspecified atom stereocenters. The zero-order valence-corrected chi connectivity index (χ0v) is 36.7. The van der Waals surface area contributed by atoms with Crippen LogP contribution in [0.25, 0.3) is 93.9 Å². The summed E-state index contributed by atoms with van der Waals surface area (Å²) in [4.78, 5) is 2.40. The lowest BCUT2D eigenvalue weighted by Crippen LogP contribution is -2.17. The summed E-state index contributed by atoms with van der Waals surface area (Å²) in [6.45, 7) is 4.76. The summed E-state index contributed by atoms with van der Waals surface area (Å²) in [6.07, 6.45) is 0. The van der Waals surface area contributed by atoms with Crippen molar-refractivity contribution in [2.45, 2.75) is 19.3 Å². The maximum absolute atomic E-state index is 6.47. The maximum Gasteiger partial charge on any atom is 0.143 e. The van der Waals surface area contributed by atoms with E-state index >= 15 is 0 Å². The van der Waals surface area contributed by atoms with Gasteiger partial charge in [-0.3, -0.25) is 0 Å². The minimum atomic E-state index is -0.244. The predicted molar refractivity (Wildman–Crippen MR) is 277 cm³/mol. The van der Waals surface area contributed by atoms with Crippen LogP contribution >= 0.6 is 0 Å². The standard InChI is InChI=1S/C63H44N2O/c1-63(2)57-39-48(35-37-51(57)52-38-36-49(40-58(52)63)65-59-20-9-6-15-53(59)54-16-7-10-21-60(54)65)64(46-31-27-44(28-32-46)43-25-23-42(24-26-43)41-13-4-3-5-14-41)47-33-29-45(30-34-47)50-18-12-19-56-55-17-8-11-22-61(55)66-62(50)56/h3-40H,1-2H3. The van der Waals surface area contributed by atoms with Crippen LogP contribution < -0.4 is 4.90 Å². The van der Waals surface area contributed by atoms with Crippen LogP contribution in [0.2, 0.25) is 0 Å². The molecule has 10 aromatic carbocycles. The van der Waals surface area contributed by atoms with Crippen LogP contribution in [-0.2, 0) is 5.41 Å². The number of hydrogen-bond donors (Lipinski definition) is 0. The molecule has 0 saturated carbocycles. The van der Waals surface area contributed by atoms with Crippen LogP contribution in [0.4, 0.5) is 17.1 Å². The molecule has 0 fully saturated rings. The van der Waals surface area contributed by atoms with Crippen molar-refractivity contribution in [2.75, 3.05) is 4.90 Å². The number of benzene rings is 10. The summed E-state index contributed by atoms with van der Waals surface area (Å²) in [6, 6.07) is 83.8. The van der Waals surface area contributed by atoms with Crippen molar-refractivity contribution < 1.29 is 4.42 Å². The van der Waals surface area contributed by atoms with E-state index in [0.717, 1.165) is 50.1 Å². The summed E-state index contributed by atoms with van der Waals surface area (Å²) < 4.78 is 8.90. The maximum atomic E-state index is 6.47. The van der Waals surface area contributed by atoms with Crippen molar-refractivity contribution in [1.82, 2.24) is 4.57 Å². The largest absolute Gasteiger partial charge is 0.455 e. The van der Waals surface area contributed by atoms with E-state index in [0.29, 0.717) is 0 Å². The number of furan rings is 1. The van der Waals surface area contributed by atoms with Crippen LogP contribution in [0.15, 0.2) is 235 Å². The van der Waals surface area contributed by atoms with E-state index in [4.69, 9.17) is 4.42 Å². The van der Waals surface area contributed by atoms with E-state index in [1.54, 1.807) is 0 Å². The average molecular weight is 845 g/mol. The third-order valence-electron chi connectivity index (χ3n) is 14.0. The summed E-state index contributed by atoms with van der Waals surface area (Å²) in [5.41, 5.74) is 20.7. The summed E-state index contributed by atoms with van der Waals surface area (Å²) >= 11 is 0. The zero-order chi connectivity index (χ0) is 43.9. The van der Waals surface area contributed by atoms with Crippen LogP contribution in [0.5, 0.6) is 0 Å². The van der Waals surface area contributed by atoms with Gasteiger partial charge in [0.1, 0.15) is 11.2 Å². The lowest BCUT2D eigenvalue weighted by atomic mass is 9.82. The number of para-hydroxylation sites is 4. The molecule has 3 heteroatoms. The van der Waals surface area contributed by atoms with Gasteiger partial charge in [0.15, 0.2) is 0 Å². The normalized spacial score (nSPS) is 12.8. The number of anilines is 3. The van der Waals surface area contributed by atoms with E-state index in [-0.39, 0.29) is 5.41 Å². The fourth-order valence-corrected chi connectivity index (χ4v) is 10.7. The molecule has 1 aliphatic carbocycles. The molecule has 13 rings (SSSR count). The highest BCUT2D eigenvalue weighted by molar-refractivity contribution is 6.10. The number of rotatable bonds is 7. The highest BCUT2D eigenvalue weighted by Crippen LogP contribution is 2.52. The zero-order valence-electron chi connectivity index (χ0n) is 36.7. The number of aromatic nitrogens is 1. The monoisotopic (exact) mass is 844 g/mol. The van der Waals surface area contributed by atoms with Gasteiger partial charge in [0.25, 0.3) is 0 Å². The molecule has 312 valence electrons. The van der Waals surface area contributed by atoms with Crippen molar-refractivity contribution in [3.63, 3.8) is 0 Å². The Morgan fingerprint density at radius 1 is 0.364 bits per heavy atom. The molecule has 66 heavy (non-hydrogen) atoms. The molecular formula is C63H44N2O. The summed E-state index contributed by atoms with van der Waals surface area (Å²) in [5, 5.41) is 4.81. The van der Waals surface area contributed by atoms with E-state index in [1.807, 2.05) is 12.1 Å². The number of fused-ring (bicyclic) bond motifs is 9. The smallest absolute Gasteiger partial charge is 0.143 e. The molecule has 2 heterocycles. The first-order valence-corrected chi connectivity index (χ1v) is 22.8. The SMILES string of the molecule is CC1(C)c2cc(N(c3ccc(-c4ccc(-c5ccccc5)cc4)cc3)c3ccc(-c4cccc5c4oc4ccccc45)cc3)ccc2-c2ccc(-n3c4ccccc4c4ccccc43)cc21. The molecule has 0 N–H and O–H groups in total. The van der Waals surface area contributed by atoms with E-state index in [9.17, 15) is 0 Å². The van der Waals surface area contributed by atoms with Gasteiger partial charge in [0, 0.05) is 55.3 Å². The van der Waals surface area contributed by atoms with E-state index in [2.05, 4.69) is 242 Å². The van der Waals surface area contributed by atoms with Crippen LogP contribution in [0.3, 0.4) is 0 Å². The topological polar surface area (TPSA) is 21.3 Å². The Morgan fingerprint density at radius 2 is 0.848 bits per heavy atom. The highest BCUT2D eigenvalue weighted by Gasteiger charge is 2.36. The van der Waals surface area contributed by atoms with Gasteiger partial charge in [0.05, 0.1) is 11.0 Å². The second-order valence-electron chi connectivity index (χ2n) is 18.1. The molecule has 2 aromatic heterocycles. The molecule has 0 radical (unpaired) electrons. The molecule has 0 saturated heterocycles. The van der Waals surface area contributed by atoms with Crippen molar-refractivity contribution in [3.05, 3.63) is 242 Å². The van der Waals surface area contributed by atoms with E-state index in [1.165, 1.54) is 72.0 Å². The van der Waals surface area contributed by atoms with Crippen molar-refractivity contribution in [1.29, 1.82) is 0 Å². The number of nitrogens with zero attached hydrogens (tertiary/aromatic N) is 2. The first-order valence-electron chi connectivity index (χ1n) is 22.8. The second-order valence-corrected chi connectivity index (χ2v) is 18.1. The Balaban J connectivity index is 0.901. The first kappa shape index (κ1) is 38.1. The second kappa shape index (κ2) is 14.8. The fourth-order valence-electron chi connectivity index (χ4n) is 10.7. The Morgan fingerprint density at radius 3 is 1.50 bits per heavy atom. The Hall–Kier alpha value is -8.40. The average Bonchev–Trinajstić information content (AvgIpc) is 4.00. The van der Waals surface area contributed by atoms with Crippen LogP contribution in [0, 0.1) is 0 Å². The molecule has 1 aliphatic rings. The Labute approximate surface area is 384 Å². The van der Waals surface area contributed by atoms with Gasteiger partial charge in [-0.25, -0.2) is 0 Å². The predicted octanol–water partition coefficient (Wildman–Crippen LogP) is 17.5. The lowest BCUT2D eigenvalue weighted by Gasteiger charge is -2.28. The quantitative estimate of drug-likeness (QED) is 0.159. The molecule has 3 nitrogen and oxygen atoms in total. The molecular weight excluding hydrogens is 801 g/mol. The molecule has 0 aliphatic heterocycles. The van der Waals surface area contributed by atoms with Gasteiger partial charge in [-0.05, 0) is 117 Å². The van der Waals surface area contributed by atoms with Crippen molar-refractivity contribution in [3.8, 4) is 50.2 Å². The molecule has 0 amide bonds. The van der Waals surface area contributed by atoms with Gasteiger partial charge in [-0.1, -0.05) is 178 Å². The summed E-state index contributed by atoms with van der Waals surface area (Å²) in [7, 11) is 0. The van der Waals surface area contributed by atoms with Gasteiger partial charge in [-0.2, -0.15) is 0 Å². The van der Waals surface area contributed by atoms with Crippen molar-refractivity contribution in [2.24, 2.45) is 0 Å². The summed E-state index contributed by atoms with van der Waals surface area (Å²) in [5.74, 6) is 0. The minimum absolute atomic E-state index is 0.244. The molecule has 0 atom stereocenters. The third-order valence-corrected chi connectivity index (χ3v) is 14.0. The third kappa shape index (κ3) is 5.97. The Bertz CT molecular complexity index is 3760. The van der Waals surface area contributed by atoms with Gasteiger partial charge >= 0.3 is 0 Å². The van der Waals surface area contributed by atoms with Gasteiger partial charge in [0.2, 0.25) is 0 Å². The van der Waals surface area contributed by atoms with Crippen LogP contribution in [-0.4, -0.2) is 4.57 Å². The van der Waals surface area contributed by atoms with Crippen molar-refractivity contribution >= 4 is 60.8 Å². The fraction of sp³-hybridized carbons (Fsp3) is 0.0476. The molecule has 0 spiro atoms. The van der Waals surface area contributed by atoms with Crippen LogP contribution in [0.1, 0.15) is 25.0 Å². The lowest BCUT2D eigenvalue weighted by molar-refractivity contribution is 0.660. The molecule has 12 aromatic rings. The first-order chi connectivity index (χ1) is 32.5. The number of hydrogen-bond acceptors (Lipinski definition) is 2. The highest BCUT2D eigenvalue weighted by atomic mass is 16.3. The molecule has 0 bridgehead atoms. The Kier molecular flexibility index (Phi) is 8.56. The van der Waals surface area contributed by atoms with Gasteiger partial charge in [-0.15, -0.1) is 0 Å². The minimum Gasteiger partial charge on any atom is -0.455 e. The van der Waals surface area contributed by atoms with E-state index < -0.39 is 0 Å².